The largest absolute Gasteiger partial charge is 0.508 e. The highest BCUT2D eigenvalue weighted by Gasteiger charge is 2.00. The Labute approximate surface area is 112 Å². The van der Waals surface area contributed by atoms with Crippen LogP contribution in [0.25, 0.3) is 0 Å². The minimum atomic E-state index is 0.265. The lowest BCUT2D eigenvalue weighted by Crippen LogP contribution is -2.03. The highest BCUT2D eigenvalue weighted by Crippen LogP contribution is 2.14. The van der Waals surface area contributed by atoms with E-state index in [1.807, 2.05) is 19.1 Å². The molecule has 100 valence electrons. The van der Waals surface area contributed by atoms with Crippen molar-refractivity contribution >= 4 is 5.82 Å². The first-order valence-electron chi connectivity index (χ1n) is 6.24. The minimum Gasteiger partial charge on any atom is -0.508 e. The van der Waals surface area contributed by atoms with Gasteiger partial charge in [0.1, 0.15) is 17.9 Å². The second-order valence-electron chi connectivity index (χ2n) is 4.11. The fourth-order valence-corrected chi connectivity index (χ4v) is 1.53. The number of phenolic OH excluding ortho intramolecular Hbond substituents is 1. The summed E-state index contributed by atoms with van der Waals surface area (Å²) in [6.45, 7) is 3.32. The van der Waals surface area contributed by atoms with Gasteiger partial charge >= 0.3 is 0 Å². The standard InChI is InChI=1S/C14H17N3O2/c1-2-7-19-14-8-13(16-10-17-14)15-9-11-3-5-12(18)6-4-11/h3-6,8,10,18H,2,7,9H2,1H3,(H,15,16,17). The van der Waals surface area contributed by atoms with Crippen molar-refractivity contribution in [2.45, 2.75) is 19.9 Å². The number of hydrogen-bond donors (Lipinski definition) is 2. The molecule has 0 fully saturated rings. The summed E-state index contributed by atoms with van der Waals surface area (Å²) in [4.78, 5) is 8.17. The first kappa shape index (κ1) is 13.1. The van der Waals surface area contributed by atoms with Gasteiger partial charge in [-0.3, -0.25) is 0 Å². The zero-order valence-corrected chi connectivity index (χ0v) is 10.8. The smallest absolute Gasteiger partial charge is 0.218 e. The predicted molar refractivity (Wildman–Crippen MR) is 73.3 cm³/mol. The monoisotopic (exact) mass is 259 g/mol. The molecule has 0 atom stereocenters. The number of nitrogens with zero attached hydrogens (tertiary/aromatic N) is 2. The third-order valence-electron chi connectivity index (χ3n) is 2.51. The molecule has 0 bridgehead atoms. The molecule has 0 unspecified atom stereocenters. The highest BCUT2D eigenvalue weighted by atomic mass is 16.5. The van der Waals surface area contributed by atoms with Crippen molar-refractivity contribution in [3.63, 3.8) is 0 Å². The maximum Gasteiger partial charge on any atom is 0.218 e. The molecular weight excluding hydrogens is 242 g/mol. The zero-order valence-electron chi connectivity index (χ0n) is 10.8. The Balaban J connectivity index is 1.93. The molecule has 0 aliphatic rings. The van der Waals surface area contributed by atoms with E-state index in [9.17, 15) is 5.11 Å². The second kappa shape index (κ2) is 6.58. The van der Waals surface area contributed by atoms with E-state index >= 15 is 0 Å². The van der Waals surface area contributed by atoms with Gasteiger partial charge in [-0.2, -0.15) is 0 Å². The molecule has 0 spiro atoms. The van der Waals surface area contributed by atoms with Gasteiger partial charge in [0.25, 0.3) is 0 Å². The van der Waals surface area contributed by atoms with Crippen LogP contribution in [0.5, 0.6) is 11.6 Å². The molecule has 2 rings (SSSR count). The fraction of sp³-hybridized carbons (Fsp3) is 0.286. The van der Waals surface area contributed by atoms with Gasteiger partial charge in [-0.1, -0.05) is 19.1 Å². The highest BCUT2D eigenvalue weighted by molar-refractivity contribution is 5.38. The maximum atomic E-state index is 9.20. The van der Waals surface area contributed by atoms with Crippen molar-refractivity contribution in [1.29, 1.82) is 0 Å². The molecule has 0 saturated carbocycles. The van der Waals surface area contributed by atoms with Gasteiger partial charge < -0.3 is 15.2 Å². The molecule has 0 amide bonds. The number of rotatable bonds is 6. The van der Waals surface area contributed by atoms with Gasteiger partial charge in [0, 0.05) is 12.6 Å². The summed E-state index contributed by atoms with van der Waals surface area (Å²) < 4.78 is 5.44. The Morgan fingerprint density at radius 2 is 2.00 bits per heavy atom. The predicted octanol–water partition coefficient (Wildman–Crippen LogP) is 2.58. The van der Waals surface area contributed by atoms with Crippen LogP contribution in [0.4, 0.5) is 5.82 Å². The molecule has 2 aromatic rings. The summed E-state index contributed by atoms with van der Waals surface area (Å²) in [6, 6.07) is 8.81. The Hall–Kier alpha value is -2.30. The van der Waals surface area contributed by atoms with E-state index in [4.69, 9.17) is 4.74 Å². The third kappa shape index (κ3) is 4.13. The Morgan fingerprint density at radius 3 is 2.74 bits per heavy atom. The Bertz CT molecular complexity index is 514. The van der Waals surface area contributed by atoms with E-state index in [0.29, 0.717) is 24.8 Å². The van der Waals surface area contributed by atoms with Crippen molar-refractivity contribution in [2.24, 2.45) is 0 Å². The van der Waals surface area contributed by atoms with Crippen LogP contribution in [0, 0.1) is 0 Å². The van der Waals surface area contributed by atoms with Gasteiger partial charge in [0.2, 0.25) is 5.88 Å². The number of aromatic hydroxyl groups is 1. The van der Waals surface area contributed by atoms with Gasteiger partial charge in [-0.25, -0.2) is 9.97 Å². The van der Waals surface area contributed by atoms with Crippen LogP contribution in [0.2, 0.25) is 0 Å². The van der Waals surface area contributed by atoms with E-state index in [0.717, 1.165) is 12.0 Å². The fourth-order valence-electron chi connectivity index (χ4n) is 1.53. The van der Waals surface area contributed by atoms with Crippen LogP contribution in [-0.4, -0.2) is 21.7 Å². The summed E-state index contributed by atoms with van der Waals surface area (Å²) >= 11 is 0. The molecule has 5 nitrogen and oxygen atoms in total. The van der Waals surface area contributed by atoms with Gasteiger partial charge in [0.05, 0.1) is 6.61 Å². The number of anilines is 1. The Kier molecular flexibility index (Phi) is 4.55. The number of nitrogens with one attached hydrogen (secondary N) is 1. The first-order chi connectivity index (χ1) is 9.28. The minimum absolute atomic E-state index is 0.265. The average molecular weight is 259 g/mol. The Morgan fingerprint density at radius 1 is 1.21 bits per heavy atom. The van der Waals surface area contributed by atoms with Crippen molar-refractivity contribution in [2.75, 3.05) is 11.9 Å². The molecular formula is C14H17N3O2. The SMILES string of the molecule is CCCOc1cc(NCc2ccc(O)cc2)ncn1. The molecule has 19 heavy (non-hydrogen) atoms. The van der Waals surface area contributed by atoms with Crippen LogP contribution < -0.4 is 10.1 Å². The lowest BCUT2D eigenvalue weighted by Gasteiger charge is -2.07. The van der Waals surface area contributed by atoms with Crippen molar-refractivity contribution in [3.05, 3.63) is 42.2 Å². The number of aromatic nitrogens is 2. The van der Waals surface area contributed by atoms with E-state index < -0.39 is 0 Å². The lowest BCUT2D eigenvalue weighted by atomic mass is 10.2. The summed E-state index contributed by atoms with van der Waals surface area (Å²) in [5, 5.41) is 12.4. The number of ether oxygens (including phenoxy) is 1. The van der Waals surface area contributed by atoms with Gasteiger partial charge in [0.15, 0.2) is 0 Å². The average Bonchev–Trinajstić information content (AvgIpc) is 2.45. The van der Waals surface area contributed by atoms with E-state index in [1.54, 1.807) is 18.2 Å². The van der Waals surface area contributed by atoms with Crippen LogP contribution in [-0.2, 0) is 6.54 Å². The molecule has 1 aromatic carbocycles. The van der Waals surface area contributed by atoms with Crippen molar-refractivity contribution in [1.82, 2.24) is 9.97 Å². The zero-order chi connectivity index (χ0) is 13.5. The molecule has 0 radical (unpaired) electrons. The second-order valence-corrected chi connectivity index (χ2v) is 4.11. The molecule has 0 aliphatic carbocycles. The van der Waals surface area contributed by atoms with Crippen molar-refractivity contribution in [3.8, 4) is 11.6 Å². The lowest BCUT2D eigenvalue weighted by molar-refractivity contribution is 0.305. The summed E-state index contributed by atoms with van der Waals surface area (Å²) in [7, 11) is 0. The molecule has 1 aromatic heterocycles. The molecule has 2 N–H and O–H groups in total. The normalized spacial score (nSPS) is 10.2. The number of hydrogen-bond acceptors (Lipinski definition) is 5. The third-order valence-corrected chi connectivity index (χ3v) is 2.51. The number of benzene rings is 1. The maximum absolute atomic E-state index is 9.20. The van der Waals surface area contributed by atoms with Gasteiger partial charge in [-0.15, -0.1) is 0 Å². The first-order valence-corrected chi connectivity index (χ1v) is 6.24. The topological polar surface area (TPSA) is 67.3 Å². The van der Waals surface area contributed by atoms with Crippen molar-refractivity contribution < 1.29 is 9.84 Å². The van der Waals surface area contributed by atoms with E-state index in [2.05, 4.69) is 15.3 Å². The summed E-state index contributed by atoms with van der Waals surface area (Å²) in [6.07, 6.45) is 2.42. The van der Waals surface area contributed by atoms with E-state index in [1.165, 1.54) is 6.33 Å². The summed E-state index contributed by atoms with van der Waals surface area (Å²) in [5.74, 6) is 1.56. The van der Waals surface area contributed by atoms with Crippen LogP contribution in [0.15, 0.2) is 36.7 Å². The van der Waals surface area contributed by atoms with Crippen LogP contribution in [0.3, 0.4) is 0 Å². The number of phenols is 1. The summed E-state index contributed by atoms with van der Waals surface area (Å²) in [5.41, 5.74) is 1.06. The van der Waals surface area contributed by atoms with Crippen LogP contribution >= 0.6 is 0 Å². The van der Waals surface area contributed by atoms with Crippen LogP contribution in [0.1, 0.15) is 18.9 Å². The molecule has 0 saturated heterocycles. The van der Waals surface area contributed by atoms with Gasteiger partial charge in [-0.05, 0) is 24.1 Å². The quantitative estimate of drug-likeness (QED) is 0.834. The van der Waals surface area contributed by atoms with E-state index in [-0.39, 0.29) is 5.75 Å². The molecule has 0 aliphatic heterocycles. The molecule has 1 heterocycles. The molecule has 5 heteroatoms.